The maximum absolute atomic E-state index is 13.0. The lowest BCUT2D eigenvalue weighted by Crippen LogP contribution is -2.18. The Morgan fingerprint density at radius 1 is 0.897 bits per heavy atom. The summed E-state index contributed by atoms with van der Waals surface area (Å²) in [4.78, 5) is 13.0. The Bertz CT molecular complexity index is 1280. The maximum Gasteiger partial charge on any atom is 0.271 e. The molecule has 0 unspecified atom stereocenters. The molecule has 0 atom stereocenters. The molecule has 146 valence electrons. The first-order valence-corrected chi connectivity index (χ1v) is 11.3. The average molecular weight is 423 g/mol. The smallest absolute Gasteiger partial charge is 0.271 e. The van der Waals surface area contributed by atoms with Crippen molar-refractivity contribution in [2.75, 3.05) is 10.0 Å². The molecule has 2 N–H and O–H groups in total. The van der Waals surface area contributed by atoms with Gasteiger partial charge in [-0.1, -0.05) is 48.0 Å². The molecular formula is C22H18N2O3S2. The summed E-state index contributed by atoms with van der Waals surface area (Å²) in [5.41, 5.74) is 2.21. The minimum absolute atomic E-state index is 0.190. The van der Waals surface area contributed by atoms with Gasteiger partial charge in [0, 0.05) is 5.69 Å². The molecule has 1 heterocycles. The van der Waals surface area contributed by atoms with E-state index in [1.54, 1.807) is 23.6 Å². The molecule has 29 heavy (non-hydrogen) atoms. The van der Waals surface area contributed by atoms with Crippen LogP contribution < -0.4 is 10.0 Å². The van der Waals surface area contributed by atoms with Crippen molar-refractivity contribution in [1.29, 1.82) is 0 Å². The van der Waals surface area contributed by atoms with Crippen molar-refractivity contribution >= 4 is 49.4 Å². The van der Waals surface area contributed by atoms with Gasteiger partial charge in [-0.15, -0.1) is 11.3 Å². The summed E-state index contributed by atoms with van der Waals surface area (Å²) in [7, 11) is -3.78. The predicted molar refractivity (Wildman–Crippen MR) is 118 cm³/mol. The number of nitrogens with one attached hydrogen (secondary N) is 2. The Morgan fingerprint density at radius 3 is 2.24 bits per heavy atom. The van der Waals surface area contributed by atoms with Gasteiger partial charge >= 0.3 is 0 Å². The van der Waals surface area contributed by atoms with Crippen LogP contribution in [0.5, 0.6) is 0 Å². The van der Waals surface area contributed by atoms with Gasteiger partial charge in [0.05, 0.1) is 11.3 Å². The Kier molecular flexibility index (Phi) is 5.08. The molecule has 3 aromatic carbocycles. The molecule has 7 heteroatoms. The Hall–Kier alpha value is -3.16. The van der Waals surface area contributed by atoms with E-state index < -0.39 is 10.0 Å². The number of carbonyl (C=O) groups excluding carboxylic acids is 1. The van der Waals surface area contributed by atoms with Crippen molar-refractivity contribution in [3.8, 4) is 0 Å². The molecule has 4 aromatic rings. The standard InChI is InChI=1S/C22H18N2O3S2/c1-15-8-10-18(11-9-15)23-22(25)19-13-16-5-2-3-6-17(16)14-20(19)24-29(26,27)21-7-4-12-28-21/h2-14,24H,1H3,(H,23,25). The Labute approximate surface area is 173 Å². The third-order valence-electron chi connectivity index (χ3n) is 4.44. The molecule has 0 aliphatic carbocycles. The first-order chi connectivity index (χ1) is 13.9. The van der Waals surface area contributed by atoms with E-state index in [-0.39, 0.29) is 21.4 Å². The van der Waals surface area contributed by atoms with Gasteiger partial charge < -0.3 is 5.32 Å². The average Bonchev–Trinajstić information content (AvgIpc) is 3.25. The highest BCUT2D eigenvalue weighted by Crippen LogP contribution is 2.28. The van der Waals surface area contributed by atoms with Crippen LogP contribution in [0.3, 0.4) is 0 Å². The van der Waals surface area contributed by atoms with Gasteiger partial charge in [-0.2, -0.15) is 0 Å². The van der Waals surface area contributed by atoms with Crippen LogP contribution in [0.4, 0.5) is 11.4 Å². The number of hydrogen-bond donors (Lipinski definition) is 2. The first-order valence-electron chi connectivity index (χ1n) is 8.89. The molecule has 1 amide bonds. The van der Waals surface area contributed by atoms with Gasteiger partial charge in [-0.25, -0.2) is 8.42 Å². The van der Waals surface area contributed by atoms with Crippen LogP contribution in [-0.4, -0.2) is 14.3 Å². The number of thiophene rings is 1. The Morgan fingerprint density at radius 2 is 1.59 bits per heavy atom. The predicted octanol–water partition coefficient (Wildman–Crippen LogP) is 5.26. The fourth-order valence-electron chi connectivity index (χ4n) is 2.96. The number of anilines is 2. The largest absolute Gasteiger partial charge is 0.322 e. The zero-order valence-corrected chi connectivity index (χ0v) is 17.2. The monoisotopic (exact) mass is 422 g/mol. The van der Waals surface area contributed by atoms with E-state index in [1.165, 1.54) is 6.07 Å². The van der Waals surface area contributed by atoms with E-state index in [0.29, 0.717) is 5.69 Å². The summed E-state index contributed by atoms with van der Waals surface area (Å²) in [6.07, 6.45) is 0. The van der Waals surface area contributed by atoms with Crippen LogP contribution in [0.25, 0.3) is 10.8 Å². The minimum atomic E-state index is -3.78. The quantitative estimate of drug-likeness (QED) is 0.460. The molecule has 0 aliphatic heterocycles. The van der Waals surface area contributed by atoms with Crippen LogP contribution in [0.1, 0.15) is 15.9 Å². The van der Waals surface area contributed by atoms with E-state index in [9.17, 15) is 13.2 Å². The second-order valence-corrected chi connectivity index (χ2v) is 9.46. The van der Waals surface area contributed by atoms with E-state index in [2.05, 4.69) is 10.0 Å². The fraction of sp³-hybridized carbons (Fsp3) is 0.0455. The van der Waals surface area contributed by atoms with E-state index >= 15 is 0 Å². The van der Waals surface area contributed by atoms with E-state index in [1.807, 2.05) is 55.5 Å². The van der Waals surface area contributed by atoms with Crippen molar-refractivity contribution in [2.45, 2.75) is 11.1 Å². The minimum Gasteiger partial charge on any atom is -0.322 e. The molecule has 0 radical (unpaired) electrons. The zero-order valence-electron chi connectivity index (χ0n) is 15.5. The summed E-state index contributed by atoms with van der Waals surface area (Å²) in [6.45, 7) is 1.96. The summed E-state index contributed by atoms with van der Waals surface area (Å²) in [5, 5.41) is 6.22. The van der Waals surface area contributed by atoms with Crippen molar-refractivity contribution in [1.82, 2.24) is 0 Å². The summed E-state index contributed by atoms with van der Waals surface area (Å²) in [5.74, 6) is -0.386. The van der Waals surface area contributed by atoms with Gasteiger partial charge in [0.2, 0.25) is 0 Å². The van der Waals surface area contributed by atoms with Crippen LogP contribution in [0.2, 0.25) is 0 Å². The maximum atomic E-state index is 13.0. The number of rotatable bonds is 5. The number of aryl methyl sites for hydroxylation is 1. The number of benzene rings is 3. The molecule has 0 aliphatic rings. The van der Waals surface area contributed by atoms with Gasteiger partial charge in [0.25, 0.3) is 15.9 Å². The van der Waals surface area contributed by atoms with Crippen LogP contribution in [-0.2, 0) is 10.0 Å². The number of sulfonamides is 1. The highest BCUT2D eigenvalue weighted by molar-refractivity contribution is 7.94. The fourth-order valence-corrected chi connectivity index (χ4v) is 5.02. The van der Waals surface area contributed by atoms with Gasteiger partial charge in [-0.05, 0) is 53.4 Å². The molecule has 0 spiro atoms. The number of hydrogen-bond acceptors (Lipinski definition) is 4. The number of carbonyl (C=O) groups is 1. The van der Waals surface area contributed by atoms with Crippen molar-refractivity contribution in [3.05, 3.63) is 89.3 Å². The lowest BCUT2D eigenvalue weighted by molar-refractivity contribution is 0.102. The summed E-state index contributed by atoms with van der Waals surface area (Å²) >= 11 is 1.12. The second-order valence-electron chi connectivity index (χ2n) is 6.60. The van der Waals surface area contributed by atoms with Crippen LogP contribution in [0.15, 0.2) is 82.4 Å². The normalized spacial score (nSPS) is 11.3. The molecule has 4 rings (SSSR count). The summed E-state index contributed by atoms with van der Waals surface area (Å²) < 4.78 is 28.2. The highest BCUT2D eigenvalue weighted by atomic mass is 32.2. The van der Waals surface area contributed by atoms with Gasteiger partial charge in [-0.3, -0.25) is 9.52 Å². The summed E-state index contributed by atoms with van der Waals surface area (Å²) in [6, 6.07) is 21.5. The second kappa shape index (κ2) is 7.69. The molecule has 0 bridgehead atoms. The molecule has 5 nitrogen and oxygen atoms in total. The molecular weight excluding hydrogens is 404 g/mol. The van der Waals surface area contributed by atoms with Gasteiger partial charge in [0.1, 0.15) is 4.21 Å². The van der Waals surface area contributed by atoms with E-state index in [0.717, 1.165) is 27.7 Å². The third-order valence-corrected chi connectivity index (χ3v) is 7.21. The van der Waals surface area contributed by atoms with E-state index in [4.69, 9.17) is 0 Å². The molecule has 0 fully saturated rings. The van der Waals surface area contributed by atoms with Crippen molar-refractivity contribution in [2.24, 2.45) is 0 Å². The number of fused-ring (bicyclic) bond motifs is 1. The SMILES string of the molecule is Cc1ccc(NC(=O)c2cc3ccccc3cc2NS(=O)(=O)c2cccs2)cc1. The molecule has 0 saturated carbocycles. The first kappa shape index (κ1) is 19.2. The Balaban J connectivity index is 1.75. The topological polar surface area (TPSA) is 75.3 Å². The highest BCUT2D eigenvalue weighted by Gasteiger charge is 2.20. The lowest BCUT2D eigenvalue weighted by Gasteiger charge is -2.14. The molecule has 1 aromatic heterocycles. The number of amides is 1. The van der Waals surface area contributed by atoms with Gasteiger partial charge in [0.15, 0.2) is 0 Å². The van der Waals surface area contributed by atoms with Crippen LogP contribution >= 0.6 is 11.3 Å². The lowest BCUT2D eigenvalue weighted by atomic mass is 10.0. The van der Waals surface area contributed by atoms with Crippen LogP contribution in [0, 0.1) is 6.92 Å². The zero-order chi connectivity index (χ0) is 20.4. The third kappa shape index (κ3) is 4.16. The molecule has 0 saturated heterocycles. The van der Waals surface area contributed by atoms with Crippen molar-refractivity contribution < 1.29 is 13.2 Å². The van der Waals surface area contributed by atoms with Crippen molar-refractivity contribution in [3.63, 3.8) is 0 Å².